The molecule has 0 aliphatic rings. The molecule has 0 unspecified atom stereocenters. The third kappa shape index (κ3) is 2.05. The third-order valence-electron chi connectivity index (χ3n) is 1.77. The zero-order valence-corrected chi connectivity index (χ0v) is 7.89. The lowest BCUT2D eigenvalue weighted by atomic mass is 10.1. The average molecular weight is 211 g/mol. The summed E-state index contributed by atoms with van der Waals surface area (Å²) in [6.45, 7) is 0. The van der Waals surface area contributed by atoms with E-state index >= 15 is 0 Å². The Labute approximate surface area is 85.2 Å². The highest BCUT2D eigenvalue weighted by Crippen LogP contribution is 2.23. The van der Waals surface area contributed by atoms with Crippen LogP contribution in [0.5, 0.6) is 5.75 Å². The van der Waals surface area contributed by atoms with Crippen molar-refractivity contribution < 1.29 is 24.3 Å². The Hall–Kier alpha value is -2.08. The number of aromatic carboxylic acids is 1. The van der Waals surface area contributed by atoms with E-state index in [4.69, 9.17) is 11.0 Å². The highest BCUT2D eigenvalue weighted by molar-refractivity contribution is 5.99. The Morgan fingerprint density at radius 2 is 1.93 bits per heavy atom. The van der Waals surface area contributed by atoms with Crippen LogP contribution in [0, 0.1) is 0 Å². The summed E-state index contributed by atoms with van der Waals surface area (Å²) in [7, 11) is 1.18. The number of esters is 1. The van der Waals surface area contributed by atoms with Crippen molar-refractivity contribution in [2.75, 3.05) is 7.11 Å². The molecule has 80 valence electrons. The fourth-order valence-corrected chi connectivity index (χ4v) is 1.10. The van der Waals surface area contributed by atoms with Crippen LogP contribution in [0.2, 0.25) is 0 Å². The highest BCUT2D eigenvalue weighted by atomic mass is 16.6. The second-order valence-corrected chi connectivity index (χ2v) is 2.60. The van der Waals surface area contributed by atoms with Crippen molar-refractivity contribution >= 4 is 11.9 Å². The van der Waals surface area contributed by atoms with Crippen molar-refractivity contribution in [3.63, 3.8) is 0 Å². The first-order valence-electron chi connectivity index (χ1n) is 3.93. The molecule has 0 saturated carbocycles. The number of hydrogen-bond donors (Lipinski definition) is 2. The molecule has 6 heteroatoms. The van der Waals surface area contributed by atoms with Gasteiger partial charge in [-0.1, -0.05) is 6.07 Å². The zero-order chi connectivity index (χ0) is 11.4. The van der Waals surface area contributed by atoms with Crippen molar-refractivity contribution in [1.29, 1.82) is 0 Å². The molecular formula is C9H9NO5. The summed E-state index contributed by atoms with van der Waals surface area (Å²) in [4.78, 5) is 26.4. The van der Waals surface area contributed by atoms with Gasteiger partial charge in [0, 0.05) is 0 Å². The number of rotatable bonds is 3. The number of nitrogens with two attached hydrogens (primary N) is 1. The van der Waals surface area contributed by atoms with Crippen molar-refractivity contribution in [2.45, 2.75) is 0 Å². The van der Waals surface area contributed by atoms with Gasteiger partial charge in [-0.15, -0.1) is 0 Å². The fourth-order valence-electron chi connectivity index (χ4n) is 1.10. The molecule has 0 amide bonds. The van der Waals surface area contributed by atoms with Crippen LogP contribution in [0.15, 0.2) is 18.2 Å². The minimum absolute atomic E-state index is 0.0279. The van der Waals surface area contributed by atoms with Crippen molar-refractivity contribution in [2.24, 2.45) is 5.90 Å². The van der Waals surface area contributed by atoms with Gasteiger partial charge >= 0.3 is 11.9 Å². The first kappa shape index (κ1) is 11.0. The Balaban J connectivity index is 3.34. The SMILES string of the molecule is COC(=O)c1cccc(C(=O)O)c1ON. The highest BCUT2D eigenvalue weighted by Gasteiger charge is 2.20. The first-order valence-corrected chi connectivity index (χ1v) is 3.93. The molecular weight excluding hydrogens is 202 g/mol. The van der Waals surface area contributed by atoms with Gasteiger partial charge in [0.2, 0.25) is 0 Å². The molecule has 1 rings (SSSR count). The van der Waals surface area contributed by atoms with Gasteiger partial charge in [0.15, 0.2) is 5.75 Å². The van der Waals surface area contributed by atoms with Crippen LogP contribution in [0.1, 0.15) is 20.7 Å². The van der Waals surface area contributed by atoms with Crippen molar-refractivity contribution in [3.05, 3.63) is 29.3 Å². The predicted molar refractivity (Wildman–Crippen MR) is 49.6 cm³/mol. The molecule has 0 saturated heterocycles. The molecule has 0 aromatic heterocycles. The van der Waals surface area contributed by atoms with Crippen LogP contribution >= 0.6 is 0 Å². The summed E-state index contributed by atoms with van der Waals surface area (Å²) in [5, 5.41) is 8.79. The first-order chi connectivity index (χ1) is 7.11. The molecule has 6 nitrogen and oxygen atoms in total. The van der Waals surface area contributed by atoms with Gasteiger partial charge in [-0.05, 0) is 12.1 Å². The van der Waals surface area contributed by atoms with Crippen molar-refractivity contribution in [3.8, 4) is 5.75 Å². The summed E-state index contributed by atoms with van der Waals surface area (Å²) in [6, 6.07) is 4.04. The summed E-state index contributed by atoms with van der Waals surface area (Å²) in [5.74, 6) is 2.75. The summed E-state index contributed by atoms with van der Waals surface area (Å²) in [6.07, 6.45) is 0. The number of para-hydroxylation sites is 1. The molecule has 0 heterocycles. The van der Waals surface area contributed by atoms with Gasteiger partial charge in [0.05, 0.1) is 7.11 Å². The molecule has 1 aromatic rings. The maximum atomic E-state index is 11.2. The lowest BCUT2D eigenvalue weighted by molar-refractivity contribution is 0.0595. The third-order valence-corrected chi connectivity index (χ3v) is 1.77. The Bertz CT molecular complexity index is 401. The minimum Gasteiger partial charge on any atom is -0.478 e. The number of carbonyl (C=O) groups is 2. The van der Waals surface area contributed by atoms with Gasteiger partial charge in [0.1, 0.15) is 11.1 Å². The second-order valence-electron chi connectivity index (χ2n) is 2.60. The Kier molecular flexibility index (Phi) is 3.25. The maximum Gasteiger partial charge on any atom is 0.341 e. The normalized spacial score (nSPS) is 9.47. The van der Waals surface area contributed by atoms with Crippen LogP contribution in [0.3, 0.4) is 0 Å². The lowest BCUT2D eigenvalue weighted by Gasteiger charge is -2.07. The molecule has 0 radical (unpaired) electrons. The van der Waals surface area contributed by atoms with Gasteiger partial charge in [0.25, 0.3) is 0 Å². The topological polar surface area (TPSA) is 98.9 Å². The number of hydrogen-bond acceptors (Lipinski definition) is 5. The molecule has 0 fully saturated rings. The predicted octanol–water partition coefficient (Wildman–Crippen LogP) is 0.424. The number of carboxylic acids is 1. The lowest BCUT2D eigenvalue weighted by Crippen LogP contribution is -2.13. The molecule has 3 N–H and O–H groups in total. The number of methoxy groups -OCH3 is 1. The summed E-state index contributed by atoms with van der Waals surface area (Å²) in [5.41, 5.74) is -0.222. The van der Waals surface area contributed by atoms with Crippen LogP contribution in [-0.2, 0) is 4.74 Å². The van der Waals surface area contributed by atoms with E-state index in [0.29, 0.717) is 0 Å². The van der Waals surface area contributed by atoms with E-state index in [-0.39, 0.29) is 16.9 Å². The number of ether oxygens (including phenoxy) is 1. The number of benzene rings is 1. The van der Waals surface area contributed by atoms with E-state index in [1.165, 1.54) is 25.3 Å². The smallest absolute Gasteiger partial charge is 0.341 e. The largest absolute Gasteiger partial charge is 0.478 e. The molecule has 0 spiro atoms. The number of carboxylic acid groups (broad SMARTS) is 1. The molecule has 1 aromatic carbocycles. The van der Waals surface area contributed by atoms with Crippen LogP contribution in [0.4, 0.5) is 0 Å². The van der Waals surface area contributed by atoms with E-state index in [1.54, 1.807) is 0 Å². The van der Waals surface area contributed by atoms with Crippen LogP contribution in [-0.4, -0.2) is 24.2 Å². The standard InChI is InChI=1S/C9H9NO5/c1-14-9(13)6-4-2-3-5(8(11)12)7(6)15-10/h2-4H,10H2,1H3,(H,11,12). The summed E-state index contributed by atoms with van der Waals surface area (Å²) < 4.78 is 4.45. The van der Waals surface area contributed by atoms with E-state index in [2.05, 4.69) is 9.57 Å². The molecule has 0 aliphatic heterocycles. The molecule has 0 bridgehead atoms. The van der Waals surface area contributed by atoms with E-state index < -0.39 is 11.9 Å². The Morgan fingerprint density at radius 3 is 2.40 bits per heavy atom. The van der Waals surface area contributed by atoms with Crippen LogP contribution in [0.25, 0.3) is 0 Å². The minimum atomic E-state index is -1.23. The monoisotopic (exact) mass is 211 g/mol. The van der Waals surface area contributed by atoms with Gasteiger partial charge in [-0.3, -0.25) is 0 Å². The van der Waals surface area contributed by atoms with Gasteiger partial charge in [-0.2, -0.15) is 5.90 Å². The van der Waals surface area contributed by atoms with Gasteiger partial charge < -0.3 is 14.7 Å². The molecule has 15 heavy (non-hydrogen) atoms. The number of carbonyl (C=O) groups excluding carboxylic acids is 1. The van der Waals surface area contributed by atoms with Crippen molar-refractivity contribution in [1.82, 2.24) is 0 Å². The zero-order valence-electron chi connectivity index (χ0n) is 7.89. The van der Waals surface area contributed by atoms with E-state index in [0.717, 1.165) is 0 Å². The second kappa shape index (κ2) is 4.43. The van der Waals surface area contributed by atoms with Crippen LogP contribution < -0.4 is 10.7 Å². The maximum absolute atomic E-state index is 11.2. The van der Waals surface area contributed by atoms with E-state index in [9.17, 15) is 9.59 Å². The average Bonchev–Trinajstić information content (AvgIpc) is 2.26. The molecule has 0 aliphatic carbocycles. The van der Waals surface area contributed by atoms with E-state index in [1.807, 2.05) is 0 Å². The summed E-state index contributed by atoms with van der Waals surface area (Å²) >= 11 is 0. The van der Waals surface area contributed by atoms with Gasteiger partial charge in [-0.25, -0.2) is 9.59 Å². The fraction of sp³-hybridized carbons (Fsp3) is 0.111. The molecule has 0 atom stereocenters. The Morgan fingerprint density at radius 1 is 1.33 bits per heavy atom. The quantitative estimate of drug-likeness (QED) is 0.555.